The van der Waals surface area contributed by atoms with Crippen molar-refractivity contribution in [2.75, 3.05) is 0 Å². The zero-order valence-corrected chi connectivity index (χ0v) is 8.50. The first-order valence-electron chi connectivity index (χ1n) is 4.25. The normalized spacial score (nSPS) is 15.1. The summed E-state index contributed by atoms with van der Waals surface area (Å²) in [4.78, 5) is 11.8. The largest absolute Gasteiger partial charge is 0.288 e. The van der Waals surface area contributed by atoms with Gasteiger partial charge in [-0.2, -0.15) is 4.37 Å². The first kappa shape index (κ1) is 7.64. The van der Waals surface area contributed by atoms with Crippen LogP contribution >= 0.6 is 22.9 Å². The number of rotatable bonds is 0. The lowest BCUT2D eigenvalue weighted by atomic mass is 10.2. The molecule has 4 heteroatoms. The summed E-state index contributed by atoms with van der Waals surface area (Å²) in [5.74, 6) is 0. The van der Waals surface area contributed by atoms with Gasteiger partial charge in [0, 0.05) is 5.56 Å². The zero-order valence-electron chi connectivity index (χ0n) is 6.87. The van der Waals surface area contributed by atoms with Crippen LogP contribution in [0.2, 0.25) is 0 Å². The minimum Gasteiger partial charge on any atom is -0.288 e. The number of nitrogens with zero attached hydrogens (tertiary/aromatic N) is 1. The highest BCUT2D eigenvalue weighted by atomic mass is 32.1. The van der Waals surface area contributed by atoms with E-state index in [1.165, 1.54) is 28.4 Å². The predicted octanol–water partition coefficient (Wildman–Crippen LogP) is 1.78. The summed E-state index contributed by atoms with van der Waals surface area (Å²) < 4.78 is 6.19. The second-order valence-electron chi connectivity index (χ2n) is 3.22. The molecule has 0 saturated heterocycles. The highest BCUT2D eigenvalue weighted by Gasteiger charge is 2.19. The van der Waals surface area contributed by atoms with Crippen LogP contribution in [0.4, 0.5) is 0 Å². The summed E-state index contributed by atoms with van der Waals surface area (Å²) in [6.07, 6.45) is 3.19. The Labute approximate surface area is 82.7 Å². The molecule has 3 aliphatic rings. The fourth-order valence-electron chi connectivity index (χ4n) is 1.97. The molecule has 13 heavy (non-hydrogen) atoms. The molecule has 0 aromatic carbocycles. The molecule has 0 radical (unpaired) electrons. The minimum absolute atomic E-state index is 0.270. The molecule has 0 unspecified atom stereocenters. The lowest BCUT2D eigenvalue weighted by Gasteiger charge is -1.85. The summed E-state index contributed by atoms with van der Waals surface area (Å²) in [5.41, 5.74) is 4.37. The van der Waals surface area contributed by atoms with Crippen molar-refractivity contribution in [2.24, 2.45) is 0 Å². The molecule has 0 atom stereocenters. The van der Waals surface area contributed by atoms with Crippen molar-refractivity contribution >= 4 is 22.9 Å². The number of fused-ring (bicyclic) bond motifs is 2. The second kappa shape index (κ2) is 2.62. The molecule has 0 fully saturated rings. The van der Waals surface area contributed by atoms with Gasteiger partial charge < -0.3 is 0 Å². The molecular weight excluding hydrogens is 202 g/mol. The van der Waals surface area contributed by atoms with Gasteiger partial charge in [0.15, 0.2) is 0 Å². The third-order valence-electron chi connectivity index (χ3n) is 2.54. The lowest BCUT2D eigenvalue weighted by Crippen LogP contribution is -2.01. The van der Waals surface area contributed by atoms with Gasteiger partial charge in [-0.15, -0.1) is 11.3 Å². The third-order valence-corrected chi connectivity index (χ3v) is 4.48. The predicted molar refractivity (Wildman–Crippen MR) is 53.6 cm³/mol. The van der Waals surface area contributed by atoms with E-state index in [1.807, 2.05) is 0 Å². The van der Waals surface area contributed by atoms with Crippen LogP contribution in [0.15, 0.2) is 10.3 Å². The van der Waals surface area contributed by atoms with Gasteiger partial charge in [0.2, 0.25) is 5.43 Å². The molecule has 2 nitrogen and oxygen atoms in total. The summed E-state index contributed by atoms with van der Waals surface area (Å²) in [6.45, 7) is 0. The maximum Gasteiger partial charge on any atom is 0.200 e. The molecular formula is C9H7NOS2. The average Bonchev–Trinajstić information content (AvgIpc) is 2.72. The SMILES string of the molecule is O=c1c2c(c3sncsc1=3)CCC2. The van der Waals surface area contributed by atoms with Crippen LogP contribution in [-0.2, 0) is 12.8 Å². The number of aromatic nitrogens is 1. The molecule has 1 aliphatic heterocycles. The van der Waals surface area contributed by atoms with Crippen molar-refractivity contribution in [1.29, 1.82) is 0 Å². The monoisotopic (exact) mass is 209 g/mol. The van der Waals surface area contributed by atoms with Gasteiger partial charge in [-0.05, 0) is 36.4 Å². The second-order valence-corrected chi connectivity index (χ2v) is 4.87. The van der Waals surface area contributed by atoms with E-state index in [9.17, 15) is 4.79 Å². The van der Waals surface area contributed by atoms with Crippen molar-refractivity contribution < 1.29 is 0 Å². The van der Waals surface area contributed by atoms with E-state index in [1.54, 1.807) is 5.51 Å². The average molecular weight is 209 g/mol. The van der Waals surface area contributed by atoms with Crippen molar-refractivity contribution in [3.05, 3.63) is 35.9 Å². The Hall–Kier alpha value is -0.740. The summed E-state index contributed by atoms with van der Waals surface area (Å²) >= 11 is 2.94. The molecule has 0 spiro atoms. The lowest BCUT2D eigenvalue weighted by molar-refractivity contribution is 0.904. The fraction of sp³-hybridized carbons (Fsp3) is 0.333. The highest BCUT2D eigenvalue weighted by Crippen LogP contribution is 2.24. The van der Waals surface area contributed by atoms with Crippen molar-refractivity contribution in [3.63, 3.8) is 0 Å². The van der Waals surface area contributed by atoms with E-state index in [-0.39, 0.29) is 5.43 Å². The Morgan fingerprint density at radius 3 is 3.00 bits per heavy atom. The van der Waals surface area contributed by atoms with Crippen LogP contribution in [0, 0.1) is 9.06 Å². The van der Waals surface area contributed by atoms with Crippen molar-refractivity contribution in [3.8, 4) is 0 Å². The van der Waals surface area contributed by atoms with E-state index in [0.717, 1.165) is 33.9 Å². The van der Waals surface area contributed by atoms with Crippen LogP contribution in [0.25, 0.3) is 0 Å². The number of hydrogen-bond donors (Lipinski definition) is 0. The van der Waals surface area contributed by atoms with Crippen LogP contribution in [-0.4, -0.2) is 4.37 Å². The van der Waals surface area contributed by atoms with E-state index in [4.69, 9.17) is 0 Å². The Balaban J connectivity index is 2.63. The molecule has 2 aliphatic carbocycles. The minimum atomic E-state index is 0.270. The van der Waals surface area contributed by atoms with Crippen molar-refractivity contribution in [2.45, 2.75) is 19.3 Å². The highest BCUT2D eigenvalue weighted by molar-refractivity contribution is 7.12. The quantitative estimate of drug-likeness (QED) is 0.662. The zero-order chi connectivity index (χ0) is 8.84. The smallest absolute Gasteiger partial charge is 0.200 e. The molecule has 3 rings (SSSR count). The van der Waals surface area contributed by atoms with Gasteiger partial charge in [-0.1, -0.05) is 0 Å². The topological polar surface area (TPSA) is 30.0 Å². The van der Waals surface area contributed by atoms with Gasteiger partial charge in [0.1, 0.15) is 0 Å². The van der Waals surface area contributed by atoms with Crippen LogP contribution < -0.4 is 5.43 Å². The van der Waals surface area contributed by atoms with E-state index in [2.05, 4.69) is 4.37 Å². The Morgan fingerprint density at radius 1 is 1.23 bits per heavy atom. The molecule has 66 valence electrons. The van der Waals surface area contributed by atoms with Gasteiger partial charge in [0.05, 0.1) is 14.6 Å². The van der Waals surface area contributed by atoms with Gasteiger partial charge in [-0.25, -0.2) is 0 Å². The van der Waals surface area contributed by atoms with Gasteiger partial charge in [0.25, 0.3) is 0 Å². The Kier molecular flexibility index (Phi) is 1.54. The maximum atomic E-state index is 11.8. The van der Waals surface area contributed by atoms with Gasteiger partial charge >= 0.3 is 0 Å². The van der Waals surface area contributed by atoms with Gasteiger partial charge in [-0.3, -0.25) is 4.79 Å². The summed E-state index contributed by atoms with van der Waals surface area (Å²) in [6, 6.07) is 0. The molecule has 0 aromatic rings. The summed E-state index contributed by atoms with van der Waals surface area (Å²) in [5, 5.41) is 0. The van der Waals surface area contributed by atoms with E-state index >= 15 is 0 Å². The van der Waals surface area contributed by atoms with Crippen LogP contribution in [0.1, 0.15) is 17.5 Å². The summed E-state index contributed by atoms with van der Waals surface area (Å²) in [7, 11) is 0. The molecule has 0 aromatic heterocycles. The fourth-order valence-corrected chi connectivity index (χ4v) is 3.76. The third kappa shape index (κ3) is 0.928. The molecule has 0 amide bonds. The molecule has 0 saturated carbocycles. The van der Waals surface area contributed by atoms with Crippen LogP contribution in [0.3, 0.4) is 0 Å². The Morgan fingerprint density at radius 2 is 2.08 bits per heavy atom. The first-order valence-corrected chi connectivity index (χ1v) is 5.90. The Bertz CT molecular complexity index is 568. The van der Waals surface area contributed by atoms with Crippen LogP contribution in [0.5, 0.6) is 0 Å². The molecule has 0 bridgehead atoms. The standard InChI is InChI=1S/C9H7NOS2/c11-7-5-2-1-3-6(5)8-9(7)12-4-10-13-8/h4H,1-3H2. The van der Waals surface area contributed by atoms with Crippen molar-refractivity contribution in [1.82, 2.24) is 4.37 Å². The van der Waals surface area contributed by atoms with E-state index in [0.29, 0.717) is 0 Å². The van der Waals surface area contributed by atoms with E-state index < -0.39 is 0 Å². The molecule has 1 heterocycles. The maximum absolute atomic E-state index is 11.8. The number of hydrogen-bond acceptors (Lipinski definition) is 4. The molecule has 0 N–H and O–H groups in total. The first-order chi connectivity index (χ1) is 6.38.